The van der Waals surface area contributed by atoms with Crippen molar-refractivity contribution in [1.82, 2.24) is 10.6 Å². The van der Waals surface area contributed by atoms with Gasteiger partial charge < -0.3 is 20.5 Å². The molecule has 1 aromatic carbocycles. The third-order valence-corrected chi connectivity index (χ3v) is 4.63. The largest absolute Gasteiger partial charge is 0.466 e. The molecule has 0 saturated carbocycles. The Morgan fingerprint density at radius 1 is 1.00 bits per heavy atom. The summed E-state index contributed by atoms with van der Waals surface area (Å²) < 4.78 is 4.92. The molecule has 1 rings (SSSR count). The molecule has 3 atom stereocenters. The molecule has 0 spiro atoms. The van der Waals surface area contributed by atoms with E-state index in [0.717, 1.165) is 5.56 Å². The van der Waals surface area contributed by atoms with Gasteiger partial charge >= 0.3 is 5.97 Å². The van der Waals surface area contributed by atoms with Gasteiger partial charge in [0.25, 0.3) is 0 Å². The van der Waals surface area contributed by atoms with Crippen molar-refractivity contribution in [1.29, 1.82) is 0 Å². The van der Waals surface area contributed by atoms with Crippen LogP contribution in [0.15, 0.2) is 30.3 Å². The van der Waals surface area contributed by atoms with Crippen molar-refractivity contribution in [2.45, 2.75) is 72.1 Å². The standard InChI is InChI=1S/C23H36N2O5/c1-6-30-21(28)14-19(26)18(13-17-10-8-7-9-11-17)24-23(29)22(16(4)5)25-20(27)12-15(2)3/h7-11,15-16,18-19,22,26H,6,12-14H2,1-5H3,(H,24,29)(H,25,27)/t18-,19-,22-/m0/s1. The van der Waals surface area contributed by atoms with Crippen molar-refractivity contribution in [3.63, 3.8) is 0 Å². The second-order valence-electron chi connectivity index (χ2n) is 8.27. The van der Waals surface area contributed by atoms with Crippen LogP contribution in [-0.2, 0) is 25.5 Å². The number of aliphatic hydroxyl groups excluding tert-OH is 1. The summed E-state index contributed by atoms with van der Waals surface area (Å²) >= 11 is 0. The van der Waals surface area contributed by atoms with Crippen LogP contribution in [0.3, 0.4) is 0 Å². The Bertz CT molecular complexity index is 675. The number of benzene rings is 1. The summed E-state index contributed by atoms with van der Waals surface area (Å²) in [5, 5.41) is 16.3. The normalized spacial score (nSPS) is 14.1. The Hall–Kier alpha value is -2.41. The predicted octanol–water partition coefficient (Wildman–Crippen LogP) is 2.21. The van der Waals surface area contributed by atoms with Gasteiger partial charge in [0, 0.05) is 6.42 Å². The van der Waals surface area contributed by atoms with E-state index in [1.54, 1.807) is 6.92 Å². The van der Waals surface area contributed by atoms with Crippen molar-refractivity contribution >= 4 is 17.8 Å². The van der Waals surface area contributed by atoms with Gasteiger partial charge in [-0.15, -0.1) is 0 Å². The molecular formula is C23H36N2O5. The number of hydrogen-bond donors (Lipinski definition) is 3. The molecule has 0 radical (unpaired) electrons. The van der Waals surface area contributed by atoms with Crippen LogP contribution in [0, 0.1) is 11.8 Å². The maximum atomic E-state index is 13.0. The summed E-state index contributed by atoms with van der Waals surface area (Å²) in [6.45, 7) is 9.48. The lowest BCUT2D eigenvalue weighted by Gasteiger charge is -2.28. The Morgan fingerprint density at radius 2 is 1.63 bits per heavy atom. The monoisotopic (exact) mass is 420 g/mol. The van der Waals surface area contributed by atoms with Crippen LogP contribution in [0.2, 0.25) is 0 Å². The van der Waals surface area contributed by atoms with E-state index >= 15 is 0 Å². The molecule has 3 N–H and O–H groups in total. The van der Waals surface area contributed by atoms with Crippen LogP contribution < -0.4 is 10.6 Å². The topological polar surface area (TPSA) is 105 Å². The average Bonchev–Trinajstić information content (AvgIpc) is 2.65. The second kappa shape index (κ2) is 13.0. The summed E-state index contributed by atoms with van der Waals surface area (Å²) in [7, 11) is 0. The van der Waals surface area contributed by atoms with E-state index in [9.17, 15) is 19.5 Å². The SMILES string of the molecule is CCOC(=O)C[C@H](O)[C@H](Cc1ccccc1)NC(=O)[C@@H](NC(=O)CC(C)C)C(C)C. The van der Waals surface area contributed by atoms with Gasteiger partial charge in [0.2, 0.25) is 11.8 Å². The van der Waals surface area contributed by atoms with Gasteiger partial charge in [-0.2, -0.15) is 0 Å². The lowest BCUT2D eigenvalue weighted by atomic mass is 9.97. The Balaban J connectivity index is 2.94. The number of ether oxygens (including phenoxy) is 1. The van der Waals surface area contributed by atoms with Crippen LogP contribution >= 0.6 is 0 Å². The Morgan fingerprint density at radius 3 is 2.17 bits per heavy atom. The van der Waals surface area contributed by atoms with Gasteiger partial charge in [0.1, 0.15) is 6.04 Å². The fraction of sp³-hybridized carbons (Fsp3) is 0.609. The minimum Gasteiger partial charge on any atom is -0.466 e. The highest BCUT2D eigenvalue weighted by Gasteiger charge is 2.30. The molecule has 0 heterocycles. The van der Waals surface area contributed by atoms with Crippen molar-refractivity contribution in [2.24, 2.45) is 11.8 Å². The van der Waals surface area contributed by atoms with E-state index in [4.69, 9.17) is 4.74 Å². The first-order valence-electron chi connectivity index (χ1n) is 10.6. The Labute approximate surface area is 179 Å². The van der Waals surface area contributed by atoms with E-state index in [-0.39, 0.29) is 36.7 Å². The van der Waals surface area contributed by atoms with E-state index in [2.05, 4.69) is 10.6 Å². The zero-order chi connectivity index (χ0) is 22.7. The molecule has 0 fully saturated rings. The van der Waals surface area contributed by atoms with Crippen LogP contribution in [0.1, 0.15) is 53.0 Å². The molecular weight excluding hydrogens is 384 g/mol. The molecule has 7 heteroatoms. The number of carbonyl (C=O) groups is 3. The third-order valence-electron chi connectivity index (χ3n) is 4.63. The summed E-state index contributed by atoms with van der Waals surface area (Å²) in [5.74, 6) is -1.06. The third kappa shape index (κ3) is 9.39. The molecule has 168 valence electrons. The van der Waals surface area contributed by atoms with Gasteiger partial charge in [-0.25, -0.2) is 0 Å². The molecule has 0 aliphatic carbocycles. The summed E-state index contributed by atoms with van der Waals surface area (Å²) in [4.78, 5) is 37.0. The van der Waals surface area contributed by atoms with Crippen molar-refractivity contribution in [3.05, 3.63) is 35.9 Å². The van der Waals surface area contributed by atoms with Crippen LogP contribution in [-0.4, -0.2) is 47.7 Å². The van der Waals surface area contributed by atoms with Crippen molar-refractivity contribution < 1.29 is 24.2 Å². The average molecular weight is 421 g/mol. The van der Waals surface area contributed by atoms with Crippen molar-refractivity contribution in [3.8, 4) is 0 Å². The summed E-state index contributed by atoms with van der Waals surface area (Å²) in [5.41, 5.74) is 0.913. The molecule has 0 bridgehead atoms. The molecule has 7 nitrogen and oxygen atoms in total. The molecule has 0 aliphatic rings. The summed E-state index contributed by atoms with van der Waals surface area (Å²) in [6, 6.07) is 7.97. The zero-order valence-corrected chi connectivity index (χ0v) is 18.7. The number of aliphatic hydroxyl groups is 1. The van der Waals surface area contributed by atoms with Gasteiger partial charge in [0.05, 0.1) is 25.2 Å². The highest BCUT2D eigenvalue weighted by atomic mass is 16.5. The zero-order valence-electron chi connectivity index (χ0n) is 18.7. The maximum absolute atomic E-state index is 13.0. The minimum atomic E-state index is -1.12. The number of nitrogens with one attached hydrogen (secondary N) is 2. The molecule has 0 aliphatic heterocycles. The van der Waals surface area contributed by atoms with Crippen LogP contribution in [0.5, 0.6) is 0 Å². The number of carbonyl (C=O) groups excluding carboxylic acids is 3. The molecule has 1 aromatic rings. The number of amides is 2. The maximum Gasteiger partial charge on any atom is 0.308 e. The van der Waals surface area contributed by atoms with E-state index in [1.807, 2.05) is 58.0 Å². The van der Waals surface area contributed by atoms with Gasteiger partial charge in [-0.3, -0.25) is 14.4 Å². The predicted molar refractivity (Wildman–Crippen MR) is 116 cm³/mol. The highest BCUT2D eigenvalue weighted by Crippen LogP contribution is 2.12. The number of rotatable bonds is 12. The van der Waals surface area contributed by atoms with Crippen LogP contribution in [0.4, 0.5) is 0 Å². The van der Waals surface area contributed by atoms with Crippen molar-refractivity contribution in [2.75, 3.05) is 6.61 Å². The molecule has 0 saturated heterocycles. The fourth-order valence-corrected chi connectivity index (χ4v) is 3.09. The lowest BCUT2D eigenvalue weighted by Crippen LogP contribution is -2.55. The number of hydrogen-bond acceptors (Lipinski definition) is 5. The summed E-state index contributed by atoms with van der Waals surface area (Å²) in [6.07, 6.45) is -0.669. The number of esters is 1. The van der Waals surface area contributed by atoms with Gasteiger partial charge in [0.15, 0.2) is 0 Å². The molecule has 30 heavy (non-hydrogen) atoms. The second-order valence-corrected chi connectivity index (χ2v) is 8.27. The lowest BCUT2D eigenvalue weighted by molar-refractivity contribution is -0.146. The molecule has 0 aromatic heterocycles. The smallest absolute Gasteiger partial charge is 0.308 e. The molecule has 0 unspecified atom stereocenters. The van der Waals surface area contributed by atoms with E-state index in [1.165, 1.54) is 0 Å². The quantitative estimate of drug-likeness (QED) is 0.450. The van der Waals surface area contributed by atoms with Crippen LogP contribution in [0.25, 0.3) is 0 Å². The molecule has 2 amide bonds. The minimum absolute atomic E-state index is 0.138. The van der Waals surface area contributed by atoms with Gasteiger partial charge in [-0.1, -0.05) is 58.0 Å². The first kappa shape index (κ1) is 25.6. The van der Waals surface area contributed by atoms with E-state index in [0.29, 0.717) is 12.8 Å². The van der Waals surface area contributed by atoms with E-state index < -0.39 is 24.2 Å². The first-order valence-corrected chi connectivity index (χ1v) is 10.6. The van der Waals surface area contributed by atoms with Gasteiger partial charge in [-0.05, 0) is 30.7 Å². The Kier molecular flexibility index (Phi) is 11.1. The fourth-order valence-electron chi connectivity index (χ4n) is 3.09. The first-order chi connectivity index (χ1) is 14.1. The highest BCUT2D eigenvalue weighted by molar-refractivity contribution is 5.88.